The molecule has 2 aliphatic rings. The number of para-hydroxylation sites is 1. The number of ether oxygens (including phenoxy) is 1. The van der Waals surface area contributed by atoms with Crippen LogP contribution in [0.1, 0.15) is 22.3 Å². The Morgan fingerprint density at radius 1 is 0.274 bits per heavy atom. The van der Waals surface area contributed by atoms with Gasteiger partial charge in [-0.15, -0.1) is 0 Å². The maximum absolute atomic E-state index is 6.72. The average molecular weight is 791 g/mol. The van der Waals surface area contributed by atoms with Crippen molar-refractivity contribution in [3.05, 3.63) is 253 Å². The third-order valence-corrected chi connectivity index (χ3v) is 12.6. The molecule has 1 aromatic heterocycles. The Morgan fingerprint density at radius 3 is 1.44 bits per heavy atom. The van der Waals surface area contributed by atoms with Gasteiger partial charge in [0.2, 0.25) is 0 Å². The van der Waals surface area contributed by atoms with Gasteiger partial charge in [-0.3, -0.25) is 0 Å². The maximum Gasteiger partial charge on any atom is 0.160 e. The van der Waals surface area contributed by atoms with E-state index in [0.717, 1.165) is 78.5 Å². The van der Waals surface area contributed by atoms with Crippen LogP contribution in [0.25, 0.3) is 78.4 Å². The molecule has 0 fully saturated rings. The molecule has 12 rings (SSSR count). The van der Waals surface area contributed by atoms with Gasteiger partial charge >= 0.3 is 0 Å². The summed E-state index contributed by atoms with van der Waals surface area (Å²) in [5.41, 5.74) is 18.6. The van der Waals surface area contributed by atoms with Crippen molar-refractivity contribution in [3.8, 4) is 89.9 Å². The lowest BCUT2D eigenvalue weighted by molar-refractivity contribution is 0.436. The first-order valence-electron chi connectivity index (χ1n) is 21.1. The van der Waals surface area contributed by atoms with Gasteiger partial charge in [0, 0.05) is 27.8 Å². The Balaban J connectivity index is 0.987. The molecule has 62 heavy (non-hydrogen) atoms. The van der Waals surface area contributed by atoms with Gasteiger partial charge in [0.15, 0.2) is 5.82 Å². The molecule has 0 radical (unpaired) electrons. The summed E-state index contributed by atoms with van der Waals surface area (Å²) in [6.45, 7) is 0. The van der Waals surface area contributed by atoms with Gasteiger partial charge in [-0.05, 0) is 86.0 Å². The van der Waals surface area contributed by atoms with Gasteiger partial charge in [0.1, 0.15) is 11.5 Å². The minimum atomic E-state index is -0.514. The monoisotopic (exact) mass is 790 g/mol. The molecule has 1 spiro atoms. The van der Waals surface area contributed by atoms with E-state index in [-0.39, 0.29) is 0 Å². The minimum Gasteiger partial charge on any atom is -0.457 e. The van der Waals surface area contributed by atoms with Crippen molar-refractivity contribution in [3.63, 3.8) is 0 Å². The topological polar surface area (TPSA) is 35.0 Å². The van der Waals surface area contributed by atoms with Gasteiger partial charge in [0.25, 0.3) is 0 Å². The molecule has 3 nitrogen and oxygen atoms in total. The number of hydrogen-bond acceptors (Lipinski definition) is 3. The summed E-state index contributed by atoms with van der Waals surface area (Å²) in [7, 11) is 0. The number of rotatable bonds is 6. The van der Waals surface area contributed by atoms with Gasteiger partial charge in [0.05, 0.1) is 16.8 Å². The van der Waals surface area contributed by atoms with E-state index < -0.39 is 5.41 Å². The highest BCUT2D eigenvalue weighted by molar-refractivity contribution is 5.91. The fourth-order valence-electron chi connectivity index (χ4n) is 9.76. The molecule has 1 aliphatic heterocycles. The van der Waals surface area contributed by atoms with Crippen molar-refractivity contribution in [2.45, 2.75) is 5.41 Å². The van der Waals surface area contributed by atoms with E-state index in [1.165, 1.54) is 27.8 Å². The first-order valence-corrected chi connectivity index (χ1v) is 21.1. The normalized spacial score (nSPS) is 12.8. The van der Waals surface area contributed by atoms with Crippen molar-refractivity contribution < 1.29 is 4.74 Å². The van der Waals surface area contributed by atoms with Gasteiger partial charge in [-0.2, -0.15) is 0 Å². The molecule has 0 saturated heterocycles. The molecular formula is C59H38N2O. The molecule has 1 aliphatic carbocycles. The van der Waals surface area contributed by atoms with E-state index in [4.69, 9.17) is 14.7 Å². The van der Waals surface area contributed by atoms with Gasteiger partial charge < -0.3 is 4.74 Å². The van der Waals surface area contributed by atoms with E-state index in [1.807, 2.05) is 24.3 Å². The summed E-state index contributed by atoms with van der Waals surface area (Å²) in [6, 6.07) is 82.1. The largest absolute Gasteiger partial charge is 0.457 e. The SMILES string of the molecule is c1ccc(-c2cc(-c3ccc(-c4ccccc4)c(-c4ccc(-c5ccc6c(c5)C5(c7ccccc7O6)c6ccccc6-c6ccccc65)cc4)c3)nc(-c3ccccc3)n2)cc1. The zero-order chi connectivity index (χ0) is 41.0. The molecule has 9 aromatic carbocycles. The van der Waals surface area contributed by atoms with Crippen molar-refractivity contribution in [2.75, 3.05) is 0 Å². The van der Waals surface area contributed by atoms with Crippen LogP contribution >= 0.6 is 0 Å². The lowest BCUT2D eigenvalue weighted by atomic mass is 9.66. The first kappa shape index (κ1) is 35.8. The fourth-order valence-corrected chi connectivity index (χ4v) is 9.76. The van der Waals surface area contributed by atoms with Crippen molar-refractivity contribution in [1.29, 1.82) is 0 Å². The Hall–Kier alpha value is -8.14. The second-order valence-corrected chi connectivity index (χ2v) is 16.0. The standard InChI is InChI=1S/C59H38N2O/c1-4-16-40(17-5-1)46-34-32-45(55-38-54(42-18-6-2-7-19-42)60-58(61-55)43-20-8-3-9-21-43)36-49(46)41-30-28-39(29-31-41)44-33-35-57-53(37-44)59(52-26-14-15-27-56(52)62-57)50-24-12-10-22-47(50)48-23-11-13-25-51(48)59/h1-38H. The van der Waals surface area contributed by atoms with Crippen LogP contribution in [-0.4, -0.2) is 9.97 Å². The predicted octanol–water partition coefficient (Wildman–Crippen LogP) is 14.9. The number of fused-ring (bicyclic) bond motifs is 9. The van der Waals surface area contributed by atoms with Crippen LogP contribution in [0.5, 0.6) is 11.5 Å². The van der Waals surface area contributed by atoms with Crippen molar-refractivity contribution in [1.82, 2.24) is 9.97 Å². The van der Waals surface area contributed by atoms with Crippen LogP contribution in [0.15, 0.2) is 231 Å². The number of nitrogens with zero attached hydrogens (tertiary/aromatic N) is 2. The highest BCUT2D eigenvalue weighted by atomic mass is 16.5. The Bertz CT molecular complexity index is 3200. The van der Waals surface area contributed by atoms with Gasteiger partial charge in [-0.1, -0.05) is 200 Å². The van der Waals surface area contributed by atoms with Gasteiger partial charge in [-0.25, -0.2) is 9.97 Å². The van der Waals surface area contributed by atoms with Crippen LogP contribution in [0, 0.1) is 0 Å². The molecule has 290 valence electrons. The van der Waals surface area contributed by atoms with Crippen LogP contribution in [-0.2, 0) is 5.41 Å². The van der Waals surface area contributed by atoms with E-state index in [0.29, 0.717) is 5.82 Å². The summed E-state index contributed by atoms with van der Waals surface area (Å²) in [6.07, 6.45) is 0. The van der Waals surface area contributed by atoms with Crippen LogP contribution in [0.3, 0.4) is 0 Å². The summed E-state index contributed by atoms with van der Waals surface area (Å²) in [4.78, 5) is 10.2. The zero-order valence-electron chi connectivity index (χ0n) is 33.7. The van der Waals surface area contributed by atoms with E-state index in [1.54, 1.807) is 0 Å². The van der Waals surface area contributed by atoms with Crippen LogP contribution < -0.4 is 4.74 Å². The molecule has 0 bridgehead atoms. The molecule has 2 heterocycles. The van der Waals surface area contributed by atoms with Crippen molar-refractivity contribution >= 4 is 0 Å². The highest BCUT2D eigenvalue weighted by Crippen LogP contribution is 2.62. The summed E-state index contributed by atoms with van der Waals surface area (Å²) >= 11 is 0. The molecule has 0 atom stereocenters. The summed E-state index contributed by atoms with van der Waals surface area (Å²) in [5.74, 6) is 2.48. The molecule has 0 amide bonds. The third kappa shape index (κ3) is 5.74. The second-order valence-electron chi connectivity index (χ2n) is 16.0. The quantitative estimate of drug-likeness (QED) is 0.168. The third-order valence-electron chi connectivity index (χ3n) is 12.6. The lowest BCUT2D eigenvalue weighted by Gasteiger charge is -2.39. The maximum atomic E-state index is 6.72. The summed E-state index contributed by atoms with van der Waals surface area (Å²) < 4.78 is 6.72. The number of hydrogen-bond donors (Lipinski definition) is 0. The Morgan fingerprint density at radius 2 is 0.758 bits per heavy atom. The lowest BCUT2D eigenvalue weighted by Crippen LogP contribution is -2.32. The zero-order valence-corrected chi connectivity index (χ0v) is 33.7. The van der Waals surface area contributed by atoms with E-state index in [9.17, 15) is 0 Å². The molecule has 3 heteroatoms. The smallest absolute Gasteiger partial charge is 0.160 e. The predicted molar refractivity (Wildman–Crippen MR) is 252 cm³/mol. The van der Waals surface area contributed by atoms with E-state index >= 15 is 0 Å². The molecular weight excluding hydrogens is 753 g/mol. The Kier molecular flexibility index (Phi) is 8.39. The fraction of sp³-hybridized carbons (Fsp3) is 0.0169. The van der Waals surface area contributed by atoms with Crippen LogP contribution in [0.2, 0.25) is 0 Å². The first-order chi connectivity index (χ1) is 30.7. The second kappa shape index (κ2) is 14.5. The molecule has 10 aromatic rings. The molecule has 0 saturated carbocycles. The Labute approximate surface area is 361 Å². The number of benzene rings is 9. The summed E-state index contributed by atoms with van der Waals surface area (Å²) in [5, 5.41) is 0. The van der Waals surface area contributed by atoms with E-state index in [2.05, 4.69) is 206 Å². The molecule has 0 N–H and O–H groups in total. The van der Waals surface area contributed by atoms with Crippen molar-refractivity contribution in [2.24, 2.45) is 0 Å². The van der Waals surface area contributed by atoms with Crippen LogP contribution in [0.4, 0.5) is 0 Å². The average Bonchev–Trinajstić information content (AvgIpc) is 3.65. The number of aromatic nitrogens is 2. The minimum absolute atomic E-state index is 0.514. The highest BCUT2D eigenvalue weighted by Gasteiger charge is 2.51. The molecule has 0 unspecified atom stereocenters.